The van der Waals surface area contributed by atoms with Gasteiger partial charge in [0.2, 0.25) is 0 Å². The summed E-state index contributed by atoms with van der Waals surface area (Å²) in [5, 5.41) is 0. The molecular weight excluding hydrogens is 327 g/mol. The Morgan fingerprint density at radius 1 is 1.00 bits per heavy atom. The highest BCUT2D eigenvalue weighted by Gasteiger charge is 2.37. The Hall–Kier alpha value is -1.72. The first-order valence-corrected chi connectivity index (χ1v) is 9.77. The second-order valence-electron chi connectivity index (χ2n) is 8.14. The molecule has 0 bridgehead atoms. The first kappa shape index (κ1) is 17.7. The van der Waals surface area contributed by atoms with Gasteiger partial charge in [-0.3, -0.25) is 9.80 Å². The van der Waals surface area contributed by atoms with Gasteiger partial charge in [-0.05, 0) is 75.0 Å². The molecule has 0 radical (unpaired) electrons. The zero-order chi connectivity index (χ0) is 18.0. The third kappa shape index (κ3) is 3.99. The number of imidazole rings is 1. The Morgan fingerprint density at radius 3 is 2.23 bits per heavy atom. The van der Waals surface area contributed by atoms with E-state index < -0.39 is 0 Å². The van der Waals surface area contributed by atoms with Gasteiger partial charge in [0.25, 0.3) is 0 Å². The van der Waals surface area contributed by atoms with Crippen molar-refractivity contribution in [3.05, 3.63) is 53.9 Å². The van der Waals surface area contributed by atoms with Gasteiger partial charge in [-0.25, -0.2) is 9.37 Å². The molecule has 0 aliphatic carbocycles. The fraction of sp³-hybridized carbons (Fsp3) is 0.571. The maximum Gasteiger partial charge on any atom is 0.123 e. The second kappa shape index (κ2) is 7.49. The van der Waals surface area contributed by atoms with E-state index >= 15 is 0 Å². The van der Waals surface area contributed by atoms with E-state index in [2.05, 4.69) is 26.4 Å². The molecule has 26 heavy (non-hydrogen) atoms. The van der Waals surface area contributed by atoms with Crippen molar-refractivity contribution in [2.75, 3.05) is 26.2 Å². The monoisotopic (exact) mass is 356 g/mol. The largest absolute Gasteiger partial charge is 0.337 e. The third-order valence-electron chi connectivity index (χ3n) is 6.41. The molecular formula is C21H29FN4. The van der Waals surface area contributed by atoms with Crippen LogP contribution in [0.5, 0.6) is 0 Å². The van der Waals surface area contributed by atoms with Crippen molar-refractivity contribution in [1.82, 2.24) is 19.4 Å². The maximum atomic E-state index is 13.4. The third-order valence-corrected chi connectivity index (χ3v) is 6.41. The van der Waals surface area contributed by atoms with Gasteiger partial charge in [0.1, 0.15) is 11.6 Å². The van der Waals surface area contributed by atoms with Crippen molar-refractivity contribution in [2.24, 2.45) is 12.5 Å². The van der Waals surface area contributed by atoms with Crippen molar-refractivity contribution in [2.45, 2.75) is 38.8 Å². The number of benzene rings is 1. The number of hydrogen-bond acceptors (Lipinski definition) is 3. The van der Waals surface area contributed by atoms with Crippen LogP contribution in [0.3, 0.4) is 0 Å². The van der Waals surface area contributed by atoms with Crippen molar-refractivity contribution < 1.29 is 4.39 Å². The first-order valence-electron chi connectivity index (χ1n) is 9.77. The summed E-state index contributed by atoms with van der Waals surface area (Å²) in [7, 11) is 2.07. The molecule has 0 atom stereocenters. The lowest BCUT2D eigenvalue weighted by molar-refractivity contribution is 0.0290. The SMILES string of the molecule is Cn1ccnc1CN1CCC2(CCN(Cc3cccc(F)c3)CC2)CC1. The van der Waals surface area contributed by atoms with Gasteiger partial charge in [-0.15, -0.1) is 0 Å². The number of halogens is 1. The normalized spacial score (nSPS) is 21.3. The van der Waals surface area contributed by atoms with Crippen LogP contribution in [0.2, 0.25) is 0 Å². The van der Waals surface area contributed by atoms with E-state index in [0.717, 1.165) is 37.6 Å². The van der Waals surface area contributed by atoms with E-state index in [1.807, 2.05) is 24.5 Å². The molecule has 4 rings (SSSR count). The molecule has 2 saturated heterocycles. The standard InChI is InChI=1S/C21H29FN4/c1-24-14-9-23-20(24)17-26-12-7-21(8-13-26)5-10-25(11-6-21)16-18-3-2-4-19(22)15-18/h2-4,9,14-15H,5-8,10-13,16-17H2,1H3. The summed E-state index contributed by atoms with van der Waals surface area (Å²) in [4.78, 5) is 9.49. The van der Waals surface area contributed by atoms with Crippen LogP contribution in [0.25, 0.3) is 0 Å². The average molecular weight is 356 g/mol. The topological polar surface area (TPSA) is 24.3 Å². The van der Waals surface area contributed by atoms with Crippen LogP contribution in [-0.4, -0.2) is 45.5 Å². The number of likely N-dealkylation sites (tertiary alicyclic amines) is 2. The van der Waals surface area contributed by atoms with Gasteiger partial charge in [0, 0.05) is 26.0 Å². The minimum Gasteiger partial charge on any atom is -0.337 e. The summed E-state index contributed by atoms with van der Waals surface area (Å²) in [5.41, 5.74) is 1.61. The lowest BCUT2D eigenvalue weighted by Crippen LogP contribution is -2.46. The van der Waals surface area contributed by atoms with E-state index in [0.29, 0.717) is 5.41 Å². The molecule has 2 aromatic rings. The van der Waals surface area contributed by atoms with Crippen LogP contribution in [0.4, 0.5) is 4.39 Å². The van der Waals surface area contributed by atoms with Crippen molar-refractivity contribution in [3.8, 4) is 0 Å². The molecule has 3 heterocycles. The molecule has 0 saturated carbocycles. The summed E-state index contributed by atoms with van der Waals surface area (Å²) >= 11 is 0. The molecule has 5 heteroatoms. The molecule has 1 spiro atoms. The highest BCUT2D eigenvalue weighted by molar-refractivity contribution is 5.16. The summed E-state index contributed by atoms with van der Waals surface area (Å²) in [6.07, 6.45) is 9.05. The first-order chi connectivity index (χ1) is 12.6. The van der Waals surface area contributed by atoms with E-state index in [9.17, 15) is 4.39 Å². The van der Waals surface area contributed by atoms with Crippen LogP contribution >= 0.6 is 0 Å². The van der Waals surface area contributed by atoms with Gasteiger partial charge in [0.05, 0.1) is 6.54 Å². The smallest absolute Gasteiger partial charge is 0.123 e. The number of aromatic nitrogens is 2. The molecule has 2 aliphatic heterocycles. The van der Waals surface area contributed by atoms with Gasteiger partial charge < -0.3 is 4.57 Å². The second-order valence-corrected chi connectivity index (χ2v) is 8.14. The number of nitrogens with zero attached hydrogens (tertiary/aromatic N) is 4. The van der Waals surface area contributed by atoms with Crippen LogP contribution in [0.1, 0.15) is 37.1 Å². The molecule has 1 aromatic carbocycles. The molecule has 2 fully saturated rings. The van der Waals surface area contributed by atoms with Crippen molar-refractivity contribution >= 4 is 0 Å². The van der Waals surface area contributed by atoms with Crippen LogP contribution in [-0.2, 0) is 20.1 Å². The Bertz CT molecular complexity index is 723. The van der Waals surface area contributed by atoms with Crippen LogP contribution in [0.15, 0.2) is 36.7 Å². The van der Waals surface area contributed by atoms with E-state index in [4.69, 9.17) is 0 Å². The van der Waals surface area contributed by atoms with E-state index in [1.165, 1.54) is 44.8 Å². The quantitative estimate of drug-likeness (QED) is 0.839. The summed E-state index contributed by atoms with van der Waals surface area (Å²) in [6, 6.07) is 7.03. The Labute approximate surface area is 155 Å². The predicted octanol–water partition coefficient (Wildman–Crippen LogP) is 3.44. The molecule has 0 unspecified atom stereocenters. The van der Waals surface area contributed by atoms with Gasteiger partial charge >= 0.3 is 0 Å². The minimum atomic E-state index is -0.129. The summed E-state index contributed by atoms with van der Waals surface area (Å²) in [5.74, 6) is 1.03. The molecule has 2 aliphatic rings. The number of aryl methyl sites for hydroxylation is 1. The van der Waals surface area contributed by atoms with Gasteiger partial charge in [-0.1, -0.05) is 12.1 Å². The highest BCUT2D eigenvalue weighted by Crippen LogP contribution is 2.41. The lowest BCUT2D eigenvalue weighted by atomic mass is 9.71. The van der Waals surface area contributed by atoms with Crippen LogP contribution < -0.4 is 0 Å². The predicted molar refractivity (Wildman–Crippen MR) is 101 cm³/mol. The Kier molecular flexibility index (Phi) is 5.09. The van der Waals surface area contributed by atoms with Gasteiger partial charge in [-0.2, -0.15) is 0 Å². The van der Waals surface area contributed by atoms with Crippen molar-refractivity contribution in [1.29, 1.82) is 0 Å². The molecule has 140 valence electrons. The zero-order valence-corrected chi connectivity index (χ0v) is 15.7. The number of piperidine rings is 2. The zero-order valence-electron chi connectivity index (χ0n) is 15.7. The highest BCUT2D eigenvalue weighted by atomic mass is 19.1. The van der Waals surface area contributed by atoms with Crippen molar-refractivity contribution in [3.63, 3.8) is 0 Å². The van der Waals surface area contributed by atoms with Gasteiger partial charge in [0.15, 0.2) is 0 Å². The molecule has 0 amide bonds. The summed E-state index contributed by atoms with van der Waals surface area (Å²) in [6.45, 7) is 6.46. The Morgan fingerprint density at radius 2 is 1.65 bits per heavy atom. The molecule has 0 N–H and O–H groups in total. The maximum absolute atomic E-state index is 13.4. The molecule has 1 aromatic heterocycles. The van der Waals surface area contributed by atoms with Crippen LogP contribution in [0, 0.1) is 11.2 Å². The number of hydrogen-bond donors (Lipinski definition) is 0. The Balaban J connectivity index is 1.26. The molecule has 4 nitrogen and oxygen atoms in total. The summed E-state index contributed by atoms with van der Waals surface area (Å²) < 4.78 is 15.5. The minimum absolute atomic E-state index is 0.129. The lowest BCUT2D eigenvalue weighted by Gasteiger charge is -2.47. The average Bonchev–Trinajstić information content (AvgIpc) is 3.04. The van der Waals surface area contributed by atoms with E-state index in [1.54, 1.807) is 6.07 Å². The fourth-order valence-electron chi connectivity index (χ4n) is 4.51. The number of rotatable bonds is 4. The van der Waals surface area contributed by atoms with E-state index in [-0.39, 0.29) is 5.82 Å². The fourth-order valence-corrected chi connectivity index (χ4v) is 4.51.